The average Bonchev–Trinajstić information content (AvgIpc) is 2.84. The van der Waals surface area contributed by atoms with Crippen molar-refractivity contribution in [1.29, 1.82) is 0 Å². The molecule has 0 unspecified atom stereocenters. The van der Waals surface area contributed by atoms with Gasteiger partial charge in [-0.25, -0.2) is 0 Å². The summed E-state index contributed by atoms with van der Waals surface area (Å²) in [6.45, 7) is 7.91. The van der Waals surface area contributed by atoms with Gasteiger partial charge in [0.2, 0.25) is 11.8 Å². The molecule has 1 aromatic heterocycles. The van der Waals surface area contributed by atoms with Crippen molar-refractivity contribution in [1.82, 2.24) is 25.4 Å². The van der Waals surface area contributed by atoms with Crippen LogP contribution in [-0.2, 0) is 4.74 Å². The summed E-state index contributed by atoms with van der Waals surface area (Å²) in [6, 6.07) is 0. The average molecular weight is 268 g/mol. The van der Waals surface area contributed by atoms with E-state index in [1.807, 2.05) is 0 Å². The van der Waals surface area contributed by atoms with Crippen LogP contribution in [0.15, 0.2) is 0 Å². The van der Waals surface area contributed by atoms with Crippen LogP contribution in [0.5, 0.6) is 0 Å². The van der Waals surface area contributed by atoms with Gasteiger partial charge in [0.15, 0.2) is 0 Å². The highest BCUT2D eigenvalue weighted by Gasteiger charge is 2.29. The van der Waals surface area contributed by atoms with Gasteiger partial charge in [-0.2, -0.15) is 4.98 Å². The lowest BCUT2D eigenvalue weighted by atomic mass is 10.0. The molecule has 0 atom stereocenters. The van der Waals surface area contributed by atoms with Crippen LogP contribution < -0.4 is 11.1 Å². The number of amides is 1. The third-order valence-electron chi connectivity index (χ3n) is 3.27. The molecule has 1 aromatic rings. The van der Waals surface area contributed by atoms with Crippen LogP contribution in [0.25, 0.3) is 0 Å². The first kappa shape index (κ1) is 13.8. The number of H-pyrrole nitrogens is 1. The molecular weight excluding hydrogens is 248 g/mol. The highest BCUT2D eigenvalue weighted by Crippen LogP contribution is 2.15. The Bertz CT molecular complexity index is 438. The molecule has 8 nitrogen and oxygen atoms in total. The molecule has 0 saturated carbocycles. The molecule has 4 N–H and O–H groups in total. The van der Waals surface area contributed by atoms with Gasteiger partial charge in [0.1, 0.15) is 0 Å². The number of nitrogen functional groups attached to an aromatic ring is 1. The molecule has 2 rings (SSSR count). The number of carbonyl (C=O) groups is 1. The minimum atomic E-state index is -0.300. The predicted molar refractivity (Wildman–Crippen MR) is 69.6 cm³/mol. The van der Waals surface area contributed by atoms with E-state index in [4.69, 9.17) is 10.5 Å². The van der Waals surface area contributed by atoms with Crippen LogP contribution in [0.4, 0.5) is 5.95 Å². The lowest BCUT2D eigenvalue weighted by molar-refractivity contribution is -0.00926. The molecule has 8 heteroatoms. The number of aromatic amines is 1. The van der Waals surface area contributed by atoms with Crippen LogP contribution in [0.3, 0.4) is 0 Å². The molecule has 1 aliphatic heterocycles. The predicted octanol–water partition coefficient (Wildman–Crippen LogP) is -0.772. The van der Waals surface area contributed by atoms with Gasteiger partial charge in [-0.3, -0.25) is 14.8 Å². The molecule has 1 saturated heterocycles. The van der Waals surface area contributed by atoms with E-state index in [1.54, 1.807) is 0 Å². The molecule has 19 heavy (non-hydrogen) atoms. The van der Waals surface area contributed by atoms with E-state index in [-0.39, 0.29) is 23.2 Å². The normalized spacial score (nSPS) is 17.4. The zero-order valence-electron chi connectivity index (χ0n) is 11.3. The lowest BCUT2D eigenvalue weighted by Gasteiger charge is -2.40. The Morgan fingerprint density at radius 1 is 1.53 bits per heavy atom. The summed E-state index contributed by atoms with van der Waals surface area (Å²) in [5.74, 6) is -0.0987. The van der Waals surface area contributed by atoms with Gasteiger partial charge in [-0.1, -0.05) is 0 Å². The van der Waals surface area contributed by atoms with Crippen LogP contribution >= 0.6 is 0 Å². The largest absolute Gasteiger partial charge is 0.379 e. The fourth-order valence-electron chi connectivity index (χ4n) is 2.04. The van der Waals surface area contributed by atoms with E-state index < -0.39 is 0 Å². The van der Waals surface area contributed by atoms with Crippen molar-refractivity contribution in [3.8, 4) is 0 Å². The van der Waals surface area contributed by atoms with Crippen LogP contribution in [0.1, 0.15) is 24.5 Å². The SMILES string of the molecule is CC(C)(CNC(=O)c1nc(N)n[nH]1)N1CCOCC1. The van der Waals surface area contributed by atoms with Crippen molar-refractivity contribution in [2.24, 2.45) is 0 Å². The van der Waals surface area contributed by atoms with Gasteiger partial charge >= 0.3 is 0 Å². The van der Waals surface area contributed by atoms with Gasteiger partial charge in [-0.05, 0) is 13.8 Å². The Morgan fingerprint density at radius 2 is 2.21 bits per heavy atom. The number of rotatable bonds is 4. The summed E-state index contributed by atoms with van der Waals surface area (Å²) in [4.78, 5) is 17.9. The number of morpholine rings is 1. The molecule has 0 bridgehead atoms. The van der Waals surface area contributed by atoms with Crippen molar-refractivity contribution in [2.45, 2.75) is 19.4 Å². The third kappa shape index (κ3) is 3.42. The Labute approximate surface area is 111 Å². The maximum atomic E-state index is 11.8. The summed E-state index contributed by atoms with van der Waals surface area (Å²) in [5.41, 5.74) is 5.23. The number of nitrogens with two attached hydrogens (primary N) is 1. The Hall–Kier alpha value is -1.67. The van der Waals surface area contributed by atoms with Crippen LogP contribution in [0, 0.1) is 0 Å². The molecule has 0 aromatic carbocycles. The van der Waals surface area contributed by atoms with Gasteiger partial charge in [0.25, 0.3) is 5.91 Å². The van der Waals surface area contributed by atoms with Gasteiger partial charge in [0.05, 0.1) is 13.2 Å². The zero-order valence-corrected chi connectivity index (χ0v) is 11.3. The number of nitrogens with zero attached hydrogens (tertiary/aromatic N) is 3. The second-order valence-electron chi connectivity index (χ2n) is 5.14. The van der Waals surface area contributed by atoms with Crippen molar-refractivity contribution in [3.63, 3.8) is 0 Å². The first-order valence-electron chi connectivity index (χ1n) is 6.28. The van der Waals surface area contributed by atoms with Gasteiger partial charge < -0.3 is 15.8 Å². The van der Waals surface area contributed by atoms with E-state index >= 15 is 0 Å². The van der Waals surface area contributed by atoms with Gasteiger partial charge in [0, 0.05) is 25.2 Å². The van der Waals surface area contributed by atoms with Crippen LogP contribution in [-0.4, -0.2) is 64.4 Å². The zero-order chi connectivity index (χ0) is 13.9. The Balaban J connectivity index is 1.88. The highest BCUT2D eigenvalue weighted by atomic mass is 16.5. The first-order valence-corrected chi connectivity index (χ1v) is 6.28. The Kier molecular flexibility index (Phi) is 4.01. The number of hydrogen-bond acceptors (Lipinski definition) is 6. The molecule has 1 fully saturated rings. The van der Waals surface area contributed by atoms with Crippen molar-refractivity contribution in [2.75, 3.05) is 38.6 Å². The molecule has 1 aliphatic rings. The highest BCUT2D eigenvalue weighted by molar-refractivity contribution is 5.90. The number of aromatic nitrogens is 3. The van der Waals surface area contributed by atoms with E-state index in [2.05, 4.69) is 39.2 Å². The molecule has 0 radical (unpaired) electrons. The maximum absolute atomic E-state index is 11.8. The number of carbonyl (C=O) groups excluding carboxylic acids is 1. The second kappa shape index (κ2) is 5.54. The Morgan fingerprint density at radius 3 is 2.79 bits per heavy atom. The molecular formula is C11H20N6O2. The quantitative estimate of drug-likeness (QED) is 0.661. The fourth-order valence-corrected chi connectivity index (χ4v) is 2.04. The molecule has 0 aliphatic carbocycles. The number of anilines is 1. The standard InChI is InChI=1S/C11H20N6O2/c1-11(2,17-3-5-19-6-4-17)7-13-9(18)8-14-10(12)16-15-8/h3-7H2,1-2H3,(H,13,18)(H3,12,14,15,16). The second-order valence-corrected chi connectivity index (χ2v) is 5.14. The summed E-state index contributed by atoms with van der Waals surface area (Å²) in [6.07, 6.45) is 0. The topological polar surface area (TPSA) is 109 Å². The monoisotopic (exact) mass is 268 g/mol. The minimum Gasteiger partial charge on any atom is -0.379 e. The summed E-state index contributed by atoms with van der Waals surface area (Å²) in [5, 5.41) is 8.95. The number of nitrogens with one attached hydrogen (secondary N) is 2. The number of hydrogen-bond donors (Lipinski definition) is 3. The van der Waals surface area contributed by atoms with E-state index in [0.29, 0.717) is 6.54 Å². The van der Waals surface area contributed by atoms with Crippen LogP contribution in [0.2, 0.25) is 0 Å². The molecule has 2 heterocycles. The number of ether oxygens (including phenoxy) is 1. The van der Waals surface area contributed by atoms with Crippen molar-refractivity contribution < 1.29 is 9.53 Å². The smallest absolute Gasteiger partial charge is 0.288 e. The molecule has 0 spiro atoms. The van der Waals surface area contributed by atoms with Crippen molar-refractivity contribution >= 4 is 11.9 Å². The minimum absolute atomic E-state index is 0.0672. The van der Waals surface area contributed by atoms with E-state index in [9.17, 15) is 4.79 Å². The third-order valence-corrected chi connectivity index (χ3v) is 3.27. The maximum Gasteiger partial charge on any atom is 0.288 e. The van der Waals surface area contributed by atoms with E-state index in [1.165, 1.54) is 0 Å². The summed E-state index contributed by atoms with van der Waals surface area (Å²) >= 11 is 0. The fraction of sp³-hybridized carbons (Fsp3) is 0.727. The first-order chi connectivity index (χ1) is 8.99. The lowest BCUT2D eigenvalue weighted by Crippen LogP contribution is -2.55. The molecule has 1 amide bonds. The van der Waals surface area contributed by atoms with Crippen molar-refractivity contribution in [3.05, 3.63) is 5.82 Å². The van der Waals surface area contributed by atoms with E-state index in [0.717, 1.165) is 26.3 Å². The van der Waals surface area contributed by atoms with Gasteiger partial charge in [-0.15, -0.1) is 5.10 Å². The summed E-state index contributed by atoms with van der Waals surface area (Å²) < 4.78 is 5.33. The molecule has 106 valence electrons. The summed E-state index contributed by atoms with van der Waals surface area (Å²) in [7, 11) is 0.